The minimum absolute atomic E-state index is 0.468. The molecule has 21 heavy (non-hydrogen) atoms. The summed E-state index contributed by atoms with van der Waals surface area (Å²) >= 11 is 0. The first-order chi connectivity index (χ1) is 10.0. The Morgan fingerprint density at radius 2 is 1.95 bits per heavy atom. The summed E-state index contributed by atoms with van der Waals surface area (Å²) in [5.41, 5.74) is 0.468. The van der Waals surface area contributed by atoms with Crippen molar-refractivity contribution >= 4 is 0 Å². The number of hydrogen-bond acceptors (Lipinski definition) is 2. The van der Waals surface area contributed by atoms with Gasteiger partial charge in [-0.15, -0.1) is 0 Å². The second-order valence-corrected chi connectivity index (χ2v) is 8.48. The van der Waals surface area contributed by atoms with Crippen LogP contribution in [0.5, 0.6) is 0 Å². The van der Waals surface area contributed by atoms with E-state index >= 15 is 0 Å². The molecule has 0 aromatic rings. The van der Waals surface area contributed by atoms with E-state index in [0.29, 0.717) is 5.41 Å². The molecule has 2 rings (SSSR count). The Hall–Kier alpha value is -0.0800. The van der Waals surface area contributed by atoms with E-state index in [1.165, 1.54) is 51.6 Å². The molecule has 0 radical (unpaired) electrons. The average Bonchev–Trinajstić information content (AvgIpc) is 2.47. The van der Waals surface area contributed by atoms with E-state index in [1.807, 2.05) is 0 Å². The van der Waals surface area contributed by atoms with Gasteiger partial charge in [0.05, 0.1) is 0 Å². The molecule has 0 spiro atoms. The second kappa shape index (κ2) is 7.97. The van der Waals surface area contributed by atoms with E-state index in [1.54, 1.807) is 0 Å². The van der Waals surface area contributed by atoms with Gasteiger partial charge in [-0.2, -0.15) is 0 Å². The van der Waals surface area contributed by atoms with Crippen molar-refractivity contribution in [2.75, 3.05) is 26.3 Å². The summed E-state index contributed by atoms with van der Waals surface area (Å²) in [6.07, 6.45) is 8.18. The predicted octanol–water partition coefficient (Wildman–Crippen LogP) is 4.49. The van der Waals surface area contributed by atoms with E-state index in [9.17, 15) is 0 Å². The fourth-order valence-electron chi connectivity index (χ4n) is 4.45. The Bertz CT molecular complexity index is 290. The molecule has 1 N–H and O–H groups in total. The zero-order valence-electron chi connectivity index (χ0n) is 14.8. The third-order valence-electron chi connectivity index (χ3n) is 5.91. The van der Waals surface area contributed by atoms with E-state index in [0.717, 1.165) is 36.9 Å². The maximum Gasteiger partial charge on any atom is 0.0497 e. The number of nitrogens with one attached hydrogen (secondary N) is 1. The van der Waals surface area contributed by atoms with Gasteiger partial charge in [-0.3, -0.25) is 0 Å². The zero-order chi connectivity index (χ0) is 15.3. The minimum Gasteiger partial charge on any atom is -0.381 e. The van der Waals surface area contributed by atoms with Crippen molar-refractivity contribution in [3.05, 3.63) is 0 Å². The number of hydrogen-bond donors (Lipinski definition) is 1. The zero-order valence-corrected chi connectivity index (χ0v) is 14.8. The molecule has 4 unspecified atom stereocenters. The van der Waals surface area contributed by atoms with Crippen molar-refractivity contribution in [3.8, 4) is 0 Å². The Labute approximate surface area is 132 Å². The van der Waals surface area contributed by atoms with Gasteiger partial charge in [0.25, 0.3) is 0 Å². The van der Waals surface area contributed by atoms with Crippen LogP contribution in [0.25, 0.3) is 0 Å². The van der Waals surface area contributed by atoms with Gasteiger partial charge in [-0.1, -0.05) is 27.7 Å². The molecule has 124 valence electrons. The van der Waals surface area contributed by atoms with Crippen LogP contribution in [0.4, 0.5) is 0 Å². The van der Waals surface area contributed by atoms with Crippen molar-refractivity contribution in [2.45, 2.75) is 66.2 Å². The Balaban J connectivity index is 1.98. The Kier molecular flexibility index (Phi) is 6.55. The highest BCUT2D eigenvalue weighted by Crippen LogP contribution is 2.46. The van der Waals surface area contributed by atoms with E-state index in [2.05, 4.69) is 33.0 Å². The molecule has 1 aliphatic heterocycles. The van der Waals surface area contributed by atoms with Gasteiger partial charge in [0.2, 0.25) is 0 Å². The summed E-state index contributed by atoms with van der Waals surface area (Å²) in [5.74, 6) is 3.47. The van der Waals surface area contributed by atoms with Gasteiger partial charge >= 0.3 is 0 Å². The Morgan fingerprint density at radius 1 is 1.14 bits per heavy atom. The number of ether oxygens (including phenoxy) is 1. The smallest absolute Gasteiger partial charge is 0.0497 e. The first-order valence-corrected chi connectivity index (χ1v) is 9.30. The maximum atomic E-state index is 5.81. The van der Waals surface area contributed by atoms with Crippen molar-refractivity contribution in [3.63, 3.8) is 0 Å². The molecule has 2 nitrogen and oxygen atoms in total. The average molecular weight is 296 g/mol. The first-order valence-electron chi connectivity index (χ1n) is 9.30. The van der Waals surface area contributed by atoms with Crippen LogP contribution in [-0.4, -0.2) is 26.3 Å². The molecule has 0 bridgehead atoms. The third kappa shape index (κ3) is 4.96. The van der Waals surface area contributed by atoms with Gasteiger partial charge in [0.15, 0.2) is 0 Å². The lowest BCUT2D eigenvalue weighted by Crippen LogP contribution is -2.41. The quantitative estimate of drug-likeness (QED) is 0.754. The number of rotatable bonds is 5. The monoisotopic (exact) mass is 295 g/mol. The lowest BCUT2D eigenvalue weighted by Gasteiger charge is -2.45. The molecule has 1 heterocycles. The molecule has 2 aliphatic rings. The van der Waals surface area contributed by atoms with Crippen LogP contribution in [0, 0.1) is 29.1 Å². The molecule has 1 saturated carbocycles. The predicted molar refractivity (Wildman–Crippen MR) is 90.5 cm³/mol. The summed E-state index contributed by atoms with van der Waals surface area (Å²) in [7, 11) is 0. The molecular weight excluding hydrogens is 258 g/mol. The van der Waals surface area contributed by atoms with Crippen molar-refractivity contribution in [1.29, 1.82) is 0 Å². The lowest BCUT2D eigenvalue weighted by molar-refractivity contribution is -0.0151. The standard InChI is InChI=1S/C19H37NO/c1-5-10-20-13-15-8-9-17(19(2,3)4)12-18(15)16-7-6-11-21-14-16/h15-18,20H,5-14H2,1-4H3. The first kappa shape index (κ1) is 17.3. The van der Waals surface area contributed by atoms with Gasteiger partial charge in [-0.25, -0.2) is 0 Å². The highest BCUT2D eigenvalue weighted by Gasteiger charge is 2.39. The van der Waals surface area contributed by atoms with Gasteiger partial charge in [-0.05, 0) is 80.7 Å². The summed E-state index contributed by atoms with van der Waals surface area (Å²) in [6, 6.07) is 0. The van der Waals surface area contributed by atoms with Crippen LogP contribution in [0.1, 0.15) is 66.2 Å². The van der Waals surface area contributed by atoms with E-state index in [4.69, 9.17) is 4.74 Å². The fraction of sp³-hybridized carbons (Fsp3) is 1.00. The molecule has 0 aromatic heterocycles. The lowest BCUT2D eigenvalue weighted by atomic mass is 9.62. The summed E-state index contributed by atoms with van der Waals surface area (Å²) < 4.78 is 5.81. The largest absolute Gasteiger partial charge is 0.381 e. The van der Waals surface area contributed by atoms with Gasteiger partial charge in [0.1, 0.15) is 0 Å². The van der Waals surface area contributed by atoms with Gasteiger partial charge in [0, 0.05) is 13.2 Å². The molecule has 1 aliphatic carbocycles. The molecule has 2 heteroatoms. The van der Waals surface area contributed by atoms with Crippen LogP contribution >= 0.6 is 0 Å². The fourth-order valence-corrected chi connectivity index (χ4v) is 4.45. The molecular formula is C19H37NO. The molecule has 0 amide bonds. The molecule has 2 fully saturated rings. The SMILES string of the molecule is CCCNCC1CCC(C(C)(C)C)CC1C1CCCOC1. The molecule has 1 saturated heterocycles. The normalized spacial score (nSPS) is 34.9. The van der Waals surface area contributed by atoms with Crippen molar-refractivity contribution in [2.24, 2.45) is 29.1 Å². The third-order valence-corrected chi connectivity index (χ3v) is 5.91. The van der Waals surface area contributed by atoms with Crippen molar-refractivity contribution < 1.29 is 4.74 Å². The summed E-state index contributed by atoms with van der Waals surface area (Å²) in [6.45, 7) is 14.0. The Morgan fingerprint density at radius 3 is 2.57 bits per heavy atom. The second-order valence-electron chi connectivity index (χ2n) is 8.48. The summed E-state index contributed by atoms with van der Waals surface area (Å²) in [5, 5.41) is 3.69. The minimum atomic E-state index is 0.468. The van der Waals surface area contributed by atoms with Crippen molar-refractivity contribution in [1.82, 2.24) is 5.32 Å². The molecule has 0 aromatic carbocycles. The highest BCUT2D eigenvalue weighted by molar-refractivity contribution is 4.90. The van der Waals surface area contributed by atoms with Crippen LogP contribution in [-0.2, 0) is 4.74 Å². The highest BCUT2D eigenvalue weighted by atomic mass is 16.5. The van der Waals surface area contributed by atoms with Crippen LogP contribution < -0.4 is 5.32 Å². The van der Waals surface area contributed by atoms with Crippen LogP contribution in [0.2, 0.25) is 0 Å². The van der Waals surface area contributed by atoms with E-state index < -0.39 is 0 Å². The van der Waals surface area contributed by atoms with Crippen LogP contribution in [0.15, 0.2) is 0 Å². The van der Waals surface area contributed by atoms with E-state index in [-0.39, 0.29) is 0 Å². The maximum absolute atomic E-state index is 5.81. The van der Waals surface area contributed by atoms with Crippen LogP contribution in [0.3, 0.4) is 0 Å². The topological polar surface area (TPSA) is 21.3 Å². The van der Waals surface area contributed by atoms with Gasteiger partial charge < -0.3 is 10.1 Å². The molecule has 4 atom stereocenters. The summed E-state index contributed by atoms with van der Waals surface area (Å²) in [4.78, 5) is 0.